The molecule has 1 aliphatic rings. The zero-order chi connectivity index (χ0) is 24.8. The van der Waals surface area contributed by atoms with Gasteiger partial charge in [-0.25, -0.2) is 14.4 Å². The van der Waals surface area contributed by atoms with Gasteiger partial charge in [-0.05, 0) is 38.4 Å². The Bertz CT molecular complexity index is 1300. The zero-order valence-corrected chi connectivity index (χ0v) is 19.5. The number of likely N-dealkylation sites (N-methyl/N-ethyl adjacent to an activating group) is 1. The van der Waals surface area contributed by atoms with E-state index in [9.17, 15) is 9.18 Å². The maximum absolute atomic E-state index is 13.8. The topological polar surface area (TPSA) is 88.6 Å². The molecule has 35 heavy (non-hydrogen) atoms. The molecule has 2 aromatic carbocycles. The van der Waals surface area contributed by atoms with Crippen molar-refractivity contribution in [2.24, 2.45) is 0 Å². The van der Waals surface area contributed by atoms with Gasteiger partial charge in [0.05, 0.1) is 30.0 Å². The lowest BCUT2D eigenvalue weighted by Gasteiger charge is -2.17. The van der Waals surface area contributed by atoms with E-state index in [0.29, 0.717) is 53.6 Å². The molecule has 0 saturated carbocycles. The minimum atomic E-state index is -0.476. The molecule has 0 bridgehead atoms. The molecular weight excluding hydrogens is 449 g/mol. The van der Waals surface area contributed by atoms with Crippen molar-refractivity contribution in [3.05, 3.63) is 60.2 Å². The third kappa shape index (κ3) is 6.12. The summed E-state index contributed by atoms with van der Waals surface area (Å²) in [5, 5.41) is 6.70. The molecule has 0 radical (unpaired) electrons. The minimum absolute atomic E-state index is 0.117. The van der Waals surface area contributed by atoms with Gasteiger partial charge in [-0.2, -0.15) is 0 Å². The lowest BCUT2D eigenvalue weighted by atomic mass is 10.1. The predicted octanol–water partition coefficient (Wildman–Crippen LogP) is 3.72. The Balaban J connectivity index is 1.69. The molecule has 180 valence electrons. The molecule has 1 aliphatic heterocycles. The normalized spacial score (nSPS) is 15.5. The first-order chi connectivity index (χ1) is 16.9. The van der Waals surface area contributed by atoms with Crippen LogP contribution in [0.1, 0.15) is 12.0 Å². The maximum Gasteiger partial charge on any atom is 0.248 e. The van der Waals surface area contributed by atoms with Gasteiger partial charge in [-0.1, -0.05) is 12.0 Å². The molecule has 1 amide bonds. The molecule has 1 atom stereocenters. The highest BCUT2D eigenvalue weighted by molar-refractivity contribution is 6.03. The molecule has 2 heterocycles. The Morgan fingerprint density at radius 1 is 1.34 bits per heavy atom. The number of terminal acetylenes is 1. The van der Waals surface area contributed by atoms with Gasteiger partial charge in [-0.15, -0.1) is 6.42 Å². The summed E-state index contributed by atoms with van der Waals surface area (Å²) in [5.41, 5.74) is 1.79. The highest BCUT2D eigenvalue weighted by Gasteiger charge is 2.20. The van der Waals surface area contributed by atoms with E-state index < -0.39 is 5.82 Å². The number of nitrogens with zero attached hydrogens (tertiary/aromatic N) is 3. The van der Waals surface area contributed by atoms with Crippen LogP contribution in [0.3, 0.4) is 0 Å². The summed E-state index contributed by atoms with van der Waals surface area (Å²) >= 11 is 0. The van der Waals surface area contributed by atoms with Crippen molar-refractivity contribution in [3.8, 4) is 18.1 Å². The van der Waals surface area contributed by atoms with E-state index in [2.05, 4.69) is 26.5 Å². The molecule has 1 fully saturated rings. The van der Waals surface area contributed by atoms with Crippen LogP contribution in [0, 0.1) is 18.2 Å². The Hall–Kier alpha value is -4.00. The van der Waals surface area contributed by atoms with Gasteiger partial charge in [0.15, 0.2) is 0 Å². The first kappa shape index (κ1) is 24.1. The lowest BCUT2D eigenvalue weighted by Crippen LogP contribution is -2.18. The first-order valence-electron chi connectivity index (χ1n) is 11.1. The van der Waals surface area contributed by atoms with Gasteiger partial charge >= 0.3 is 0 Å². The third-order valence-corrected chi connectivity index (χ3v) is 5.30. The van der Waals surface area contributed by atoms with Crippen molar-refractivity contribution in [3.63, 3.8) is 0 Å². The Morgan fingerprint density at radius 3 is 2.94 bits per heavy atom. The number of rotatable bonds is 8. The number of carbonyl (C=O) groups is 1. The van der Waals surface area contributed by atoms with Gasteiger partial charge in [0, 0.05) is 36.2 Å². The van der Waals surface area contributed by atoms with Crippen LogP contribution < -0.4 is 15.4 Å². The summed E-state index contributed by atoms with van der Waals surface area (Å²) in [5.74, 6) is 2.52. The van der Waals surface area contributed by atoms with Gasteiger partial charge in [0.25, 0.3) is 0 Å². The second kappa shape index (κ2) is 11.0. The fraction of sp³-hybridized carbons (Fsp3) is 0.269. The highest BCUT2D eigenvalue weighted by Crippen LogP contribution is 2.34. The van der Waals surface area contributed by atoms with Crippen LogP contribution in [-0.4, -0.2) is 60.7 Å². The van der Waals surface area contributed by atoms with Crippen molar-refractivity contribution >= 4 is 34.0 Å². The molecule has 0 unspecified atom stereocenters. The van der Waals surface area contributed by atoms with E-state index >= 15 is 0 Å². The van der Waals surface area contributed by atoms with E-state index in [1.54, 1.807) is 24.3 Å². The largest absolute Gasteiger partial charge is 0.486 e. The van der Waals surface area contributed by atoms with Crippen molar-refractivity contribution in [1.82, 2.24) is 14.9 Å². The van der Waals surface area contributed by atoms with E-state index in [1.165, 1.54) is 24.5 Å². The van der Waals surface area contributed by atoms with Crippen LogP contribution in [0.15, 0.2) is 48.8 Å². The number of carbonyl (C=O) groups excluding carboxylic acids is 1. The number of halogens is 1. The Kier molecular flexibility index (Phi) is 7.55. The van der Waals surface area contributed by atoms with E-state index in [0.717, 1.165) is 6.42 Å². The van der Waals surface area contributed by atoms with Crippen LogP contribution in [0.25, 0.3) is 10.9 Å². The van der Waals surface area contributed by atoms with Gasteiger partial charge in [0.1, 0.15) is 29.8 Å². The summed E-state index contributed by atoms with van der Waals surface area (Å²) in [4.78, 5) is 23.3. The summed E-state index contributed by atoms with van der Waals surface area (Å²) < 4.78 is 25.4. The van der Waals surface area contributed by atoms with E-state index in [4.69, 9.17) is 15.9 Å². The molecule has 3 aromatic rings. The smallest absolute Gasteiger partial charge is 0.248 e. The number of hydrogen-bond acceptors (Lipinski definition) is 7. The zero-order valence-electron chi connectivity index (χ0n) is 19.5. The average molecular weight is 476 g/mol. The number of aromatic nitrogens is 2. The summed E-state index contributed by atoms with van der Waals surface area (Å²) in [6.07, 6.45) is 10.7. The number of amides is 1. The lowest BCUT2D eigenvalue weighted by molar-refractivity contribution is -0.111. The number of benzene rings is 2. The SMILES string of the molecule is C#Cc1cc(Nc2ncnc3cc(O[C@H]4CCOC4)c(NC(=O)/C=C/CN(C)C)cc23)ccc1F. The molecular formula is C26H26FN5O3. The molecule has 0 spiro atoms. The number of nitrogens with one attached hydrogen (secondary N) is 2. The Labute approximate surface area is 203 Å². The molecule has 0 aliphatic carbocycles. The van der Waals surface area contributed by atoms with Crippen LogP contribution in [-0.2, 0) is 9.53 Å². The number of ether oxygens (including phenoxy) is 2. The molecule has 1 aromatic heterocycles. The number of hydrogen-bond donors (Lipinski definition) is 2. The van der Waals surface area contributed by atoms with Crippen molar-refractivity contribution in [2.75, 3.05) is 44.5 Å². The summed E-state index contributed by atoms with van der Waals surface area (Å²) in [7, 11) is 3.84. The van der Waals surface area contributed by atoms with Gasteiger partial charge < -0.3 is 25.0 Å². The quantitative estimate of drug-likeness (QED) is 0.379. The maximum atomic E-state index is 13.8. The van der Waals surface area contributed by atoms with Crippen LogP contribution in [0.2, 0.25) is 0 Å². The monoisotopic (exact) mass is 475 g/mol. The standard InChI is InChI=1S/C26H26FN5O3/c1-4-17-12-18(7-8-21(17)27)30-26-20-13-23(31-25(33)6-5-10-32(2)3)24(14-22(20)28-16-29-26)35-19-9-11-34-15-19/h1,5-8,12-14,16,19H,9-11,15H2,2-3H3,(H,31,33)(H,28,29,30)/b6-5+/t19-/m0/s1. The Morgan fingerprint density at radius 2 is 2.20 bits per heavy atom. The van der Waals surface area contributed by atoms with Crippen molar-refractivity contribution in [1.29, 1.82) is 0 Å². The molecule has 4 rings (SSSR count). The fourth-order valence-electron chi connectivity index (χ4n) is 3.56. The second-order valence-corrected chi connectivity index (χ2v) is 8.31. The fourth-order valence-corrected chi connectivity index (χ4v) is 3.56. The molecule has 2 N–H and O–H groups in total. The predicted molar refractivity (Wildman–Crippen MR) is 133 cm³/mol. The van der Waals surface area contributed by atoms with Crippen LogP contribution in [0.5, 0.6) is 5.75 Å². The van der Waals surface area contributed by atoms with Gasteiger partial charge in [0.2, 0.25) is 5.91 Å². The molecule has 8 nitrogen and oxygen atoms in total. The molecule has 1 saturated heterocycles. The van der Waals surface area contributed by atoms with Crippen molar-refractivity contribution < 1.29 is 18.7 Å². The summed E-state index contributed by atoms with van der Waals surface area (Å²) in [6.45, 7) is 1.74. The second-order valence-electron chi connectivity index (χ2n) is 8.31. The van der Waals surface area contributed by atoms with Crippen molar-refractivity contribution in [2.45, 2.75) is 12.5 Å². The van der Waals surface area contributed by atoms with E-state index in [-0.39, 0.29) is 17.6 Å². The average Bonchev–Trinajstić information content (AvgIpc) is 3.34. The minimum Gasteiger partial charge on any atom is -0.486 e. The number of anilines is 3. The van der Waals surface area contributed by atoms with Gasteiger partial charge in [-0.3, -0.25) is 4.79 Å². The van der Waals surface area contributed by atoms with Crippen LogP contribution in [0.4, 0.5) is 21.6 Å². The first-order valence-corrected chi connectivity index (χ1v) is 11.1. The van der Waals surface area contributed by atoms with E-state index in [1.807, 2.05) is 19.0 Å². The molecule has 9 heteroatoms. The summed E-state index contributed by atoms with van der Waals surface area (Å²) in [6, 6.07) is 7.91. The van der Waals surface area contributed by atoms with Crippen LogP contribution >= 0.6 is 0 Å². The highest BCUT2D eigenvalue weighted by atomic mass is 19.1. The third-order valence-electron chi connectivity index (χ3n) is 5.30. The number of fused-ring (bicyclic) bond motifs is 1.